The molecular formula is C6H12O2. The topological polar surface area (TPSA) is 18.5 Å². The van der Waals surface area contributed by atoms with E-state index in [1.54, 1.807) is 0 Å². The summed E-state index contributed by atoms with van der Waals surface area (Å²) in [6.07, 6.45) is 2.31. The van der Waals surface area contributed by atoms with Gasteiger partial charge in [0.2, 0.25) is 0 Å². The van der Waals surface area contributed by atoms with Crippen LogP contribution >= 0.6 is 0 Å². The zero-order chi connectivity index (χ0) is 5.66. The molecule has 1 aliphatic heterocycles. The van der Waals surface area contributed by atoms with Crippen molar-refractivity contribution >= 4 is 0 Å². The van der Waals surface area contributed by atoms with Gasteiger partial charge in [-0.25, -0.2) is 0 Å². The molecule has 0 aliphatic carbocycles. The molecule has 1 heterocycles. The van der Waals surface area contributed by atoms with Crippen LogP contribution in [0.3, 0.4) is 0 Å². The molecule has 0 spiro atoms. The third-order valence-corrected chi connectivity index (χ3v) is 1.20. The molecule has 0 aromatic rings. The summed E-state index contributed by atoms with van der Waals surface area (Å²) in [6.45, 7) is 3.40. The van der Waals surface area contributed by atoms with Gasteiger partial charge in [-0.05, 0) is 12.8 Å². The molecule has 1 aliphatic rings. The first-order valence-electron chi connectivity index (χ1n) is 3.15. The zero-order valence-corrected chi connectivity index (χ0v) is 5.06. The Kier molecular flexibility index (Phi) is 2.92. The lowest BCUT2D eigenvalue weighted by atomic mass is 10.3. The average molecular weight is 116 g/mol. The Morgan fingerprint density at radius 3 is 1.62 bits per heavy atom. The largest absolute Gasteiger partial charge is 0.379 e. The Morgan fingerprint density at radius 1 is 0.625 bits per heavy atom. The predicted octanol–water partition coefficient (Wildman–Crippen LogP) is 0.813. The van der Waals surface area contributed by atoms with Crippen LogP contribution in [0.2, 0.25) is 0 Å². The second-order valence-corrected chi connectivity index (χ2v) is 1.93. The molecule has 8 heavy (non-hydrogen) atoms. The average Bonchev–Trinajstić information content (AvgIpc) is 1.62. The molecule has 1 saturated heterocycles. The fourth-order valence-corrected chi connectivity index (χ4v) is 0.730. The molecule has 1 fully saturated rings. The fraction of sp³-hybridized carbons (Fsp3) is 1.00. The minimum Gasteiger partial charge on any atom is -0.379 e. The van der Waals surface area contributed by atoms with E-state index in [-0.39, 0.29) is 0 Å². The van der Waals surface area contributed by atoms with Crippen molar-refractivity contribution in [3.8, 4) is 0 Å². The van der Waals surface area contributed by atoms with Crippen molar-refractivity contribution in [2.75, 3.05) is 26.4 Å². The van der Waals surface area contributed by atoms with Crippen LogP contribution in [0.1, 0.15) is 12.8 Å². The van der Waals surface area contributed by atoms with E-state index in [1.165, 1.54) is 0 Å². The molecule has 0 bridgehead atoms. The molecule has 0 N–H and O–H groups in total. The zero-order valence-electron chi connectivity index (χ0n) is 5.06. The summed E-state index contributed by atoms with van der Waals surface area (Å²) in [5.41, 5.74) is 0. The van der Waals surface area contributed by atoms with Gasteiger partial charge in [0.25, 0.3) is 0 Å². The van der Waals surface area contributed by atoms with E-state index < -0.39 is 0 Å². The van der Waals surface area contributed by atoms with Crippen molar-refractivity contribution < 1.29 is 9.47 Å². The molecule has 0 saturated carbocycles. The van der Waals surface area contributed by atoms with E-state index in [2.05, 4.69) is 0 Å². The highest BCUT2D eigenvalue weighted by Crippen LogP contribution is 1.94. The van der Waals surface area contributed by atoms with Gasteiger partial charge >= 0.3 is 0 Å². The van der Waals surface area contributed by atoms with Crippen molar-refractivity contribution in [1.29, 1.82) is 0 Å². The summed E-state index contributed by atoms with van der Waals surface area (Å²) in [5, 5.41) is 0. The Hall–Kier alpha value is -0.0800. The number of hydrogen-bond acceptors (Lipinski definition) is 2. The molecule has 0 unspecified atom stereocenters. The molecule has 48 valence electrons. The fourth-order valence-electron chi connectivity index (χ4n) is 0.730. The number of ether oxygens (including phenoxy) is 2. The predicted molar refractivity (Wildman–Crippen MR) is 30.9 cm³/mol. The summed E-state index contributed by atoms with van der Waals surface area (Å²) in [6, 6.07) is 0. The van der Waals surface area contributed by atoms with E-state index in [0.29, 0.717) is 0 Å². The van der Waals surface area contributed by atoms with Gasteiger partial charge in [0.15, 0.2) is 0 Å². The summed E-state index contributed by atoms with van der Waals surface area (Å²) in [5.74, 6) is 0. The first-order chi connectivity index (χ1) is 4.00. The minimum absolute atomic E-state index is 0.778. The van der Waals surface area contributed by atoms with Crippen LogP contribution in [-0.4, -0.2) is 26.4 Å². The van der Waals surface area contributed by atoms with Gasteiger partial charge in [0.05, 0.1) is 13.2 Å². The monoisotopic (exact) mass is 116 g/mol. The van der Waals surface area contributed by atoms with Gasteiger partial charge in [-0.15, -0.1) is 0 Å². The van der Waals surface area contributed by atoms with E-state index in [1.807, 2.05) is 0 Å². The van der Waals surface area contributed by atoms with Crippen LogP contribution in [0.4, 0.5) is 0 Å². The standard InChI is InChI=1S/C6H12O2/c1-2-4-8-6-5-7-3-1/h1-6H2. The van der Waals surface area contributed by atoms with Gasteiger partial charge in [0.1, 0.15) is 0 Å². The summed E-state index contributed by atoms with van der Waals surface area (Å²) < 4.78 is 10.3. The van der Waals surface area contributed by atoms with Crippen LogP contribution in [0.25, 0.3) is 0 Å². The van der Waals surface area contributed by atoms with Crippen LogP contribution in [-0.2, 0) is 9.47 Å². The van der Waals surface area contributed by atoms with Gasteiger partial charge in [-0.1, -0.05) is 0 Å². The van der Waals surface area contributed by atoms with E-state index in [4.69, 9.17) is 9.47 Å². The first-order valence-corrected chi connectivity index (χ1v) is 3.15. The lowest BCUT2D eigenvalue weighted by molar-refractivity contribution is 0.0220. The van der Waals surface area contributed by atoms with Gasteiger partial charge in [0, 0.05) is 13.2 Å². The molecule has 0 aromatic heterocycles. The molecule has 2 nitrogen and oxygen atoms in total. The van der Waals surface area contributed by atoms with Crippen molar-refractivity contribution in [1.82, 2.24) is 0 Å². The molecule has 1 rings (SSSR count). The van der Waals surface area contributed by atoms with Crippen molar-refractivity contribution in [2.24, 2.45) is 0 Å². The maximum Gasteiger partial charge on any atom is 0.0700 e. The second-order valence-electron chi connectivity index (χ2n) is 1.93. The van der Waals surface area contributed by atoms with Crippen molar-refractivity contribution in [2.45, 2.75) is 12.8 Å². The molecule has 2 heteroatoms. The van der Waals surface area contributed by atoms with E-state index in [9.17, 15) is 0 Å². The molecule has 0 aromatic carbocycles. The van der Waals surface area contributed by atoms with Gasteiger partial charge in [-0.3, -0.25) is 0 Å². The Bertz CT molecular complexity index is 30.5. The smallest absolute Gasteiger partial charge is 0.0700 e. The highest BCUT2D eigenvalue weighted by Gasteiger charge is 1.94. The summed E-state index contributed by atoms with van der Waals surface area (Å²) >= 11 is 0. The van der Waals surface area contributed by atoms with Crippen molar-refractivity contribution in [3.05, 3.63) is 0 Å². The van der Waals surface area contributed by atoms with E-state index >= 15 is 0 Å². The number of hydrogen-bond donors (Lipinski definition) is 0. The normalized spacial score (nSPS) is 24.0. The lowest BCUT2D eigenvalue weighted by Crippen LogP contribution is -2.10. The Balaban J connectivity index is 2.00. The highest BCUT2D eigenvalue weighted by molar-refractivity contribution is 4.41. The molecular weight excluding hydrogens is 104 g/mol. The molecule has 0 atom stereocenters. The molecule has 0 amide bonds. The highest BCUT2D eigenvalue weighted by atomic mass is 16.5. The lowest BCUT2D eigenvalue weighted by Gasteiger charge is -2.08. The van der Waals surface area contributed by atoms with Crippen LogP contribution in [0.5, 0.6) is 0 Å². The van der Waals surface area contributed by atoms with Crippen LogP contribution < -0.4 is 0 Å². The SMILES string of the molecule is C1CCOCCOC1. The van der Waals surface area contributed by atoms with E-state index in [0.717, 1.165) is 39.3 Å². The third kappa shape index (κ3) is 2.28. The third-order valence-electron chi connectivity index (χ3n) is 1.20. The van der Waals surface area contributed by atoms with Gasteiger partial charge in [-0.2, -0.15) is 0 Å². The number of rotatable bonds is 0. The first kappa shape index (κ1) is 6.05. The second kappa shape index (κ2) is 3.87. The summed E-state index contributed by atoms with van der Waals surface area (Å²) in [7, 11) is 0. The molecule has 0 radical (unpaired) electrons. The van der Waals surface area contributed by atoms with Crippen LogP contribution in [0.15, 0.2) is 0 Å². The maximum absolute atomic E-state index is 5.15. The van der Waals surface area contributed by atoms with Crippen molar-refractivity contribution in [3.63, 3.8) is 0 Å². The van der Waals surface area contributed by atoms with Gasteiger partial charge < -0.3 is 9.47 Å². The Labute approximate surface area is 49.8 Å². The minimum atomic E-state index is 0.778. The quantitative estimate of drug-likeness (QED) is 0.466. The maximum atomic E-state index is 5.15. The summed E-state index contributed by atoms with van der Waals surface area (Å²) in [4.78, 5) is 0. The Morgan fingerprint density at radius 2 is 1.12 bits per heavy atom. The van der Waals surface area contributed by atoms with Crippen LogP contribution in [0, 0.1) is 0 Å².